The number of aryl methyl sites for hydroxylation is 1. The van der Waals surface area contributed by atoms with Gasteiger partial charge in [-0.2, -0.15) is 0 Å². The van der Waals surface area contributed by atoms with Gasteiger partial charge in [0.1, 0.15) is 11.8 Å². The van der Waals surface area contributed by atoms with E-state index in [2.05, 4.69) is 12.2 Å². The van der Waals surface area contributed by atoms with E-state index < -0.39 is 12.0 Å². The summed E-state index contributed by atoms with van der Waals surface area (Å²) >= 11 is 6.01. The summed E-state index contributed by atoms with van der Waals surface area (Å²) in [6.45, 7) is 4.84. The molecule has 0 bridgehead atoms. The quantitative estimate of drug-likeness (QED) is 0.314. The van der Waals surface area contributed by atoms with Crippen LogP contribution in [-0.4, -0.2) is 55.0 Å². The molecule has 1 fully saturated rings. The van der Waals surface area contributed by atoms with Crippen molar-refractivity contribution in [3.05, 3.63) is 28.8 Å². The van der Waals surface area contributed by atoms with E-state index in [0.29, 0.717) is 30.5 Å². The molecule has 0 radical (unpaired) electrons. The Labute approximate surface area is 202 Å². The molecular weight excluding hydrogens is 444 g/mol. The molecule has 0 spiro atoms. The third-order valence-electron chi connectivity index (χ3n) is 5.76. The highest BCUT2D eigenvalue weighted by molar-refractivity contribution is 6.31. The highest BCUT2D eigenvalue weighted by Gasteiger charge is 2.35. The minimum atomic E-state index is -0.882. The van der Waals surface area contributed by atoms with Crippen molar-refractivity contribution in [1.29, 1.82) is 0 Å². The second-order valence-corrected chi connectivity index (χ2v) is 8.90. The molecule has 0 aliphatic carbocycles. The van der Waals surface area contributed by atoms with Gasteiger partial charge in [0.25, 0.3) is 5.91 Å². The first-order valence-electron chi connectivity index (χ1n) is 12.0. The van der Waals surface area contributed by atoms with Crippen LogP contribution in [0.4, 0.5) is 0 Å². The summed E-state index contributed by atoms with van der Waals surface area (Å²) in [5, 5.41) is 3.34. The lowest BCUT2D eigenvalue weighted by Crippen LogP contribution is -2.58. The fourth-order valence-corrected chi connectivity index (χ4v) is 3.91. The van der Waals surface area contributed by atoms with Gasteiger partial charge in [-0.15, -0.1) is 0 Å². The number of esters is 1. The van der Waals surface area contributed by atoms with Crippen molar-refractivity contribution in [3.8, 4) is 5.75 Å². The average molecular weight is 481 g/mol. The van der Waals surface area contributed by atoms with Crippen LogP contribution in [0.1, 0.15) is 70.3 Å². The minimum Gasteiger partial charge on any atom is -0.484 e. The Bertz CT molecular complexity index is 786. The Morgan fingerprint density at radius 3 is 2.52 bits per heavy atom. The predicted molar refractivity (Wildman–Crippen MR) is 128 cm³/mol. The zero-order chi connectivity index (χ0) is 24.1. The lowest BCUT2D eigenvalue weighted by molar-refractivity contribution is -0.152. The average Bonchev–Trinajstić information content (AvgIpc) is 2.80. The highest BCUT2D eigenvalue weighted by atomic mass is 35.5. The number of nitrogens with one attached hydrogen (secondary N) is 1. The number of rotatable bonds is 14. The number of carbonyl (C=O) groups excluding carboxylic acids is 3. The summed E-state index contributed by atoms with van der Waals surface area (Å²) in [6, 6.07) is 4.26. The van der Waals surface area contributed by atoms with Gasteiger partial charge in [-0.05, 0) is 37.1 Å². The van der Waals surface area contributed by atoms with Crippen molar-refractivity contribution in [2.24, 2.45) is 0 Å². The van der Waals surface area contributed by atoms with Gasteiger partial charge in [-0.1, -0.05) is 63.5 Å². The molecule has 2 amide bonds. The van der Waals surface area contributed by atoms with Crippen LogP contribution >= 0.6 is 11.6 Å². The summed E-state index contributed by atoms with van der Waals surface area (Å²) in [5.41, 5.74) is 0.844. The molecule has 2 rings (SSSR count). The molecule has 1 atom stereocenters. The van der Waals surface area contributed by atoms with Crippen LogP contribution in [0.5, 0.6) is 5.75 Å². The zero-order valence-electron chi connectivity index (χ0n) is 19.9. The molecule has 1 aromatic carbocycles. The summed E-state index contributed by atoms with van der Waals surface area (Å²) in [6.07, 6.45) is 9.11. The topological polar surface area (TPSA) is 84.9 Å². The Kier molecular flexibility index (Phi) is 12.1. The lowest BCUT2D eigenvalue weighted by atomic mass is 10.1. The Morgan fingerprint density at radius 1 is 1.12 bits per heavy atom. The van der Waals surface area contributed by atoms with Crippen LogP contribution in [-0.2, 0) is 19.1 Å². The van der Waals surface area contributed by atoms with Crippen molar-refractivity contribution in [2.45, 2.75) is 77.7 Å². The van der Waals surface area contributed by atoms with Gasteiger partial charge in [0, 0.05) is 18.1 Å². The maximum Gasteiger partial charge on any atom is 0.308 e. The number of piperazine rings is 1. The predicted octanol–water partition coefficient (Wildman–Crippen LogP) is 4.43. The number of hydrogen-bond acceptors (Lipinski definition) is 5. The summed E-state index contributed by atoms with van der Waals surface area (Å²) in [7, 11) is 0. The van der Waals surface area contributed by atoms with Gasteiger partial charge in [0.05, 0.1) is 13.0 Å². The fraction of sp³-hybridized carbons (Fsp3) is 0.640. The Balaban J connectivity index is 1.74. The standard InChI is InChI=1S/C25H37ClN2O5/c1-3-4-5-6-7-8-9-10-15-32-24(30)17-22-25(31)27-13-14-28(22)23(29)18-33-20-11-12-21(26)19(2)16-20/h11-12,16,22H,3-10,13-15,17-18H2,1-2H3,(H,27,31). The van der Waals surface area contributed by atoms with Crippen LogP contribution in [0.2, 0.25) is 5.02 Å². The molecule has 1 unspecified atom stereocenters. The van der Waals surface area contributed by atoms with E-state index in [1.165, 1.54) is 37.0 Å². The zero-order valence-corrected chi connectivity index (χ0v) is 20.6. The van der Waals surface area contributed by atoms with Crippen molar-refractivity contribution in [3.63, 3.8) is 0 Å². The Hall–Kier alpha value is -2.28. The van der Waals surface area contributed by atoms with Crippen LogP contribution in [0.25, 0.3) is 0 Å². The lowest BCUT2D eigenvalue weighted by Gasteiger charge is -2.34. The summed E-state index contributed by atoms with van der Waals surface area (Å²) in [5.74, 6) is -0.639. The minimum absolute atomic E-state index is 0.158. The monoisotopic (exact) mass is 480 g/mol. The second-order valence-electron chi connectivity index (χ2n) is 8.49. The summed E-state index contributed by atoms with van der Waals surface area (Å²) < 4.78 is 10.9. The van der Waals surface area contributed by atoms with Gasteiger partial charge in [0.15, 0.2) is 6.61 Å². The number of benzene rings is 1. The molecule has 1 aliphatic rings. The van der Waals surface area contributed by atoms with E-state index in [4.69, 9.17) is 21.1 Å². The molecule has 1 saturated heterocycles. The Morgan fingerprint density at radius 2 is 1.82 bits per heavy atom. The van der Waals surface area contributed by atoms with E-state index in [9.17, 15) is 14.4 Å². The molecular formula is C25H37ClN2O5. The van der Waals surface area contributed by atoms with E-state index in [0.717, 1.165) is 24.8 Å². The van der Waals surface area contributed by atoms with Crippen molar-refractivity contribution >= 4 is 29.4 Å². The number of ether oxygens (including phenoxy) is 2. The molecule has 1 N–H and O–H groups in total. The first-order chi connectivity index (χ1) is 15.9. The van der Waals surface area contributed by atoms with E-state index in [1.54, 1.807) is 18.2 Å². The normalized spacial score (nSPS) is 15.8. The number of carbonyl (C=O) groups is 3. The number of nitrogens with zero attached hydrogens (tertiary/aromatic N) is 1. The van der Waals surface area contributed by atoms with Crippen LogP contribution in [0.3, 0.4) is 0 Å². The van der Waals surface area contributed by atoms with Crippen LogP contribution < -0.4 is 10.1 Å². The number of hydrogen-bond donors (Lipinski definition) is 1. The molecule has 1 heterocycles. The van der Waals surface area contributed by atoms with Crippen molar-refractivity contribution < 1.29 is 23.9 Å². The summed E-state index contributed by atoms with van der Waals surface area (Å²) in [4.78, 5) is 38.8. The first-order valence-corrected chi connectivity index (χ1v) is 12.4. The number of unbranched alkanes of at least 4 members (excludes halogenated alkanes) is 7. The van der Waals surface area contributed by atoms with Gasteiger partial charge in [-0.3, -0.25) is 14.4 Å². The first kappa shape index (κ1) is 27.0. The molecule has 1 aliphatic heterocycles. The third-order valence-corrected chi connectivity index (χ3v) is 6.19. The molecule has 0 aromatic heterocycles. The van der Waals surface area contributed by atoms with Gasteiger partial charge >= 0.3 is 5.97 Å². The molecule has 8 heteroatoms. The van der Waals surface area contributed by atoms with E-state index >= 15 is 0 Å². The maximum atomic E-state index is 12.7. The molecule has 33 heavy (non-hydrogen) atoms. The van der Waals surface area contributed by atoms with E-state index in [1.807, 2.05) is 6.92 Å². The van der Waals surface area contributed by atoms with E-state index in [-0.39, 0.29) is 24.8 Å². The number of halogens is 1. The van der Waals surface area contributed by atoms with Gasteiger partial charge in [-0.25, -0.2) is 0 Å². The highest BCUT2D eigenvalue weighted by Crippen LogP contribution is 2.21. The SMILES string of the molecule is CCCCCCCCCCOC(=O)CC1C(=O)NCCN1C(=O)COc1ccc(Cl)c(C)c1. The third kappa shape index (κ3) is 9.62. The van der Waals surface area contributed by atoms with Gasteiger partial charge in [0.2, 0.25) is 5.91 Å². The van der Waals surface area contributed by atoms with Crippen molar-refractivity contribution in [2.75, 3.05) is 26.3 Å². The smallest absolute Gasteiger partial charge is 0.308 e. The number of amides is 2. The second kappa shape index (κ2) is 14.8. The van der Waals surface area contributed by atoms with Crippen LogP contribution in [0.15, 0.2) is 18.2 Å². The largest absolute Gasteiger partial charge is 0.484 e. The maximum absolute atomic E-state index is 12.7. The molecule has 1 aromatic rings. The molecule has 184 valence electrons. The van der Waals surface area contributed by atoms with Crippen LogP contribution in [0, 0.1) is 6.92 Å². The van der Waals surface area contributed by atoms with Gasteiger partial charge < -0.3 is 19.7 Å². The van der Waals surface area contributed by atoms with Crippen molar-refractivity contribution in [1.82, 2.24) is 10.2 Å². The molecule has 7 nitrogen and oxygen atoms in total. The molecule has 0 saturated carbocycles. The fourth-order valence-electron chi connectivity index (χ4n) is 3.79.